The summed E-state index contributed by atoms with van der Waals surface area (Å²) >= 11 is 1.50. The first kappa shape index (κ1) is 14.2. The van der Waals surface area contributed by atoms with Crippen molar-refractivity contribution < 1.29 is 4.79 Å². The summed E-state index contributed by atoms with van der Waals surface area (Å²) in [6.07, 6.45) is 3.48. The van der Waals surface area contributed by atoms with Crippen molar-refractivity contribution in [2.75, 3.05) is 32.7 Å². The lowest BCUT2D eigenvalue weighted by atomic mass is 10.2. The quantitative estimate of drug-likeness (QED) is 0.870. The first-order valence-corrected chi connectivity index (χ1v) is 8.03. The highest BCUT2D eigenvalue weighted by Crippen LogP contribution is 2.23. The molecule has 1 aliphatic heterocycles. The topological polar surface area (TPSA) is 49.3 Å². The second-order valence-corrected chi connectivity index (χ2v) is 5.86. The summed E-state index contributed by atoms with van der Waals surface area (Å²) in [5, 5.41) is 2.72. The average Bonchev–Trinajstić information content (AvgIpc) is 3.05. The van der Waals surface area contributed by atoms with Crippen molar-refractivity contribution in [2.45, 2.75) is 6.92 Å². The number of nitrogens with zero attached hydrogens (tertiary/aromatic N) is 4. The van der Waals surface area contributed by atoms with E-state index in [0.717, 1.165) is 43.3 Å². The summed E-state index contributed by atoms with van der Waals surface area (Å²) in [6.45, 7) is 6.67. The lowest BCUT2D eigenvalue weighted by molar-refractivity contribution is 0.0638. The largest absolute Gasteiger partial charge is 0.335 e. The third kappa shape index (κ3) is 3.11. The van der Waals surface area contributed by atoms with Crippen molar-refractivity contribution >= 4 is 17.2 Å². The fourth-order valence-corrected chi connectivity index (χ4v) is 3.23. The Morgan fingerprint density at radius 2 is 1.95 bits per heavy atom. The zero-order valence-corrected chi connectivity index (χ0v) is 12.8. The Morgan fingerprint density at radius 1 is 1.24 bits per heavy atom. The molecule has 0 aliphatic carbocycles. The highest BCUT2D eigenvalue weighted by Gasteiger charge is 2.23. The molecule has 1 saturated heterocycles. The molecule has 21 heavy (non-hydrogen) atoms. The van der Waals surface area contributed by atoms with E-state index in [1.54, 1.807) is 12.4 Å². The number of hydrogen-bond acceptors (Lipinski definition) is 5. The van der Waals surface area contributed by atoms with Gasteiger partial charge in [0.05, 0.1) is 0 Å². The van der Waals surface area contributed by atoms with Crippen molar-refractivity contribution in [3.8, 4) is 10.6 Å². The number of piperazine rings is 1. The van der Waals surface area contributed by atoms with Crippen LogP contribution in [0.15, 0.2) is 29.9 Å². The normalized spacial score (nSPS) is 16.1. The third-order valence-electron chi connectivity index (χ3n) is 3.76. The summed E-state index contributed by atoms with van der Waals surface area (Å²) in [4.78, 5) is 25.2. The molecule has 0 atom stereocenters. The molecule has 2 aromatic rings. The van der Waals surface area contributed by atoms with Crippen LogP contribution in [0.25, 0.3) is 10.6 Å². The highest BCUT2D eigenvalue weighted by atomic mass is 32.1. The van der Waals surface area contributed by atoms with Crippen LogP contribution in [-0.2, 0) is 0 Å². The number of hydrogen-bond donors (Lipinski definition) is 0. The van der Waals surface area contributed by atoms with Gasteiger partial charge >= 0.3 is 0 Å². The molecular weight excluding hydrogens is 284 g/mol. The van der Waals surface area contributed by atoms with Gasteiger partial charge in [-0.05, 0) is 18.7 Å². The summed E-state index contributed by atoms with van der Waals surface area (Å²) < 4.78 is 0. The zero-order valence-electron chi connectivity index (χ0n) is 12.0. The first-order valence-electron chi connectivity index (χ1n) is 7.15. The van der Waals surface area contributed by atoms with Crippen LogP contribution in [0.4, 0.5) is 0 Å². The maximum atomic E-state index is 12.5. The van der Waals surface area contributed by atoms with Gasteiger partial charge in [0.2, 0.25) is 0 Å². The number of carbonyl (C=O) groups excluding carboxylic acids is 1. The molecule has 0 N–H and O–H groups in total. The molecule has 110 valence electrons. The third-order valence-corrected chi connectivity index (χ3v) is 4.65. The molecular formula is C15H18N4OS. The predicted molar refractivity (Wildman–Crippen MR) is 83.4 cm³/mol. The standard InChI is InChI=1S/C15H18N4OS/c1-2-18-7-9-19(10-8-18)15(20)13-11-21-14(17-13)12-3-5-16-6-4-12/h3-6,11H,2,7-10H2,1H3. The molecule has 0 radical (unpaired) electrons. The van der Waals surface area contributed by atoms with E-state index in [9.17, 15) is 4.79 Å². The molecule has 3 rings (SSSR count). The van der Waals surface area contributed by atoms with Crippen molar-refractivity contribution in [2.24, 2.45) is 0 Å². The minimum Gasteiger partial charge on any atom is -0.335 e. The van der Waals surface area contributed by atoms with Crippen LogP contribution in [0.3, 0.4) is 0 Å². The highest BCUT2D eigenvalue weighted by molar-refractivity contribution is 7.13. The van der Waals surface area contributed by atoms with Gasteiger partial charge < -0.3 is 9.80 Å². The van der Waals surface area contributed by atoms with Crippen LogP contribution in [0.2, 0.25) is 0 Å². The molecule has 1 amide bonds. The van der Waals surface area contributed by atoms with E-state index in [0.29, 0.717) is 5.69 Å². The summed E-state index contributed by atoms with van der Waals surface area (Å²) in [6, 6.07) is 3.82. The lowest BCUT2D eigenvalue weighted by Gasteiger charge is -2.33. The number of thiazole rings is 1. The van der Waals surface area contributed by atoms with E-state index in [2.05, 4.69) is 21.8 Å². The smallest absolute Gasteiger partial charge is 0.273 e. The van der Waals surface area contributed by atoms with Gasteiger partial charge in [0.15, 0.2) is 0 Å². The Morgan fingerprint density at radius 3 is 2.62 bits per heavy atom. The summed E-state index contributed by atoms with van der Waals surface area (Å²) in [7, 11) is 0. The number of rotatable bonds is 3. The number of amides is 1. The van der Waals surface area contributed by atoms with Crippen molar-refractivity contribution in [3.05, 3.63) is 35.6 Å². The number of carbonyl (C=O) groups is 1. The fourth-order valence-electron chi connectivity index (χ4n) is 2.43. The van der Waals surface area contributed by atoms with Crippen LogP contribution in [0.5, 0.6) is 0 Å². The van der Waals surface area contributed by atoms with Crippen LogP contribution in [0, 0.1) is 0 Å². The second-order valence-electron chi connectivity index (χ2n) is 5.00. The SMILES string of the molecule is CCN1CCN(C(=O)c2csc(-c3ccncc3)n2)CC1. The average molecular weight is 302 g/mol. The molecule has 1 fully saturated rings. The van der Waals surface area contributed by atoms with Crippen LogP contribution in [0.1, 0.15) is 17.4 Å². The van der Waals surface area contributed by atoms with Crippen molar-refractivity contribution in [3.63, 3.8) is 0 Å². The lowest BCUT2D eigenvalue weighted by Crippen LogP contribution is -2.48. The number of aromatic nitrogens is 2. The molecule has 2 aromatic heterocycles. The zero-order chi connectivity index (χ0) is 14.7. The fraction of sp³-hybridized carbons (Fsp3) is 0.400. The van der Waals surface area contributed by atoms with E-state index in [-0.39, 0.29) is 5.91 Å². The molecule has 0 aromatic carbocycles. The molecule has 6 heteroatoms. The minimum absolute atomic E-state index is 0.0438. The van der Waals surface area contributed by atoms with Gasteiger partial charge in [0, 0.05) is 49.5 Å². The summed E-state index contributed by atoms with van der Waals surface area (Å²) in [5.74, 6) is 0.0438. The number of likely N-dealkylation sites (N-methyl/N-ethyl adjacent to an activating group) is 1. The second kappa shape index (κ2) is 6.32. The van der Waals surface area contributed by atoms with Crippen molar-refractivity contribution in [1.82, 2.24) is 19.8 Å². The summed E-state index contributed by atoms with van der Waals surface area (Å²) in [5.41, 5.74) is 1.56. The van der Waals surface area contributed by atoms with Crippen LogP contribution >= 0.6 is 11.3 Å². The Balaban J connectivity index is 1.70. The molecule has 0 bridgehead atoms. The van der Waals surface area contributed by atoms with Crippen LogP contribution in [-0.4, -0.2) is 58.4 Å². The Labute approximate surface area is 128 Å². The molecule has 0 spiro atoms. The van der Waals surface area contributed by atoms with E-state index in [1.165, 1.54) is 11.3 Å². The Hall–Kier alpha value is -1.79. The van der Waals surface area contributed by atoms with Crippen LogP contribution < -0.4 is 0 Å². The van der Waals surface area contributed by atoms with E-state index in [1.807, 2.05) is 22.4 Å². The van der Waals surface area contributed by atoms with Gasteiger partial charge in [-0.1, -0.05) is 6.92 Å². The van der Waals surface area contributed by atoms with Crippen molar-refractivity contribution in [1.29, 1.82) is 0 Å². The maximum Gasteiger partial charge on any atom is 0.273 e. The van der Waals surface area contributed by atoms with E-state index < -0.39 is 0 Å². The predicted octanol–water partition coefficient (Wildman–Crippen LogP) is 1.98. The Kier molecular flexibility index (Phi) is 4.26. The Bertz CT molecular complexity index is 605. The van der Waals surface area contributed by atoms with E-state index in [4.69, 9.17) is 0 Å². The first-order chi connectivity index (χ1) is 10.3. The molecule has 3 heterocycles. The number of pyridine rings is 1. The minimum atomic E-state index is 0.0438. The monoisotopic (exact) mass is 302 g/mol. The molecule has 0 saturated carbocycles. The van der Waals surface area contributed by atoms with Gasteiger partial charge in [-0.25, -0.2) is 4.98 Å². The van der Waals surface area contributed by atoms with Gasteiger partial charge in [-0.15, -0.1) is 11.3 Å². The van der Waals surface area contributed by atoms with Gasteiger partial charge in [0.25, 0.3) is 5.91 Å². The van der Waals surface area contributed by atoms with Gasteiger partial charge in [-0.3, -0.25) is 9.78 Å². The maximum absolute atomic E-state index is 12.5. The van der Waals surface area contributed by atoms with Gasteiger partial charge in [0.1, 0.15) is 10.7 Å². The molecule has 1 aliphatic rings. The molecule has 5 nitrogen and oxygen atoms in total. The van der Waals surface area contributed by atoms with E-state index >= 15 is 0 Å². The van der Waals surface area contributed by atoms with Gasteiger partial charge in [-0.2, -0.15) is 0 Å². The molecule has 0 unspecified atom stereocenters.